The molecule has 0 aliphatic carbocycles. The van der Waals surface area contributed by atoms with E-state index in [2.05, 4.69) is 20.4 Å². The van der Waals surface area contributed by atoms with E-state index in [9.17, 15) is 4.79 Å². The van der Waals surface area contributed by atoms with Gasteiger partial charge in [-0.15, -0.1) is 0 Å². The van der Waals surface area contributed by atoms with Crippen LogP contribution in [0.2, 0.25) is 0 Å². The number of rotatable bonds is 5. The molecule has 1 unspecified atom stereocenters. The van der Waals surface area contributed by atoms with Crippen LogP contribution >= 0.6 is 0 Å². The van der Waals surface area contributed by atoms with Gasteiger partial charge in [-0.25, -0.2) is 9.97 Å². The summed E-state index contributed by atoms with van der Waals surface area (Å²) in [6.45, 7) is 7.26. The van der Waals surface area contributed by atoms with Gasteiger partial charge in [0.05, 0.1) is 5.69 Å². The zero-order valence-electron chi connectivity index (χ0n) is 15.1. The Kier molecular flexibility index (Phi) is 5.13. The van der Waals surface area contributed by atoms with Gasteiger partial charge in [0.2, 0.25) is 5.91 Å². The summed E-state index contributed by atoms with van der Waals surface area (Å²) in [5.41, 5.74) is 2.36. The number of hydrogen-bond donors (Lipinski definition) is 1. The molecule has 0 radical (unpaired) electrons. The summed E-state index contributed by atoms with van der Waals surface area (Å²) in [4.78, 5) is 21.0. The molecule has 1 amide bonds. The van der Waals surface area contributed by atoms with Crippen LogP contribution in [-0.2, 0) is 28.2 Å². The molecule has 1 atom stereocenters. The predicted molar refractivity (Wildman–Crippen MR) is 92.7 cm³/mol. The summed E-state index contributed by atoms with van der Waals surface area (Å²) in [5.74, 6) is 0.628. The first-order valence-corrected chi connectivity index (χ1v) is 8.69. The highest BCUT2D eigenvalue weighted by molar-refractivity contribution is 5.75. The van der Waals surface area contributed by atoms with E-state index >= 15 is 0 Å². The third-order valence-electron chi connectivity index (χ3n) is 4.53. The molecule has 0 saturated carbocycles. The van der Waals surface area contributed by atoms with Crippen molar-refractivity contribution in [2.24, 2.45) is 0 Å². The summed E-state index contributed by atoms with van der Waals surface area (Å²) >= 11 is 0. The maximum absolute atomic E-state index is 12.1. The summed E-state index contributed by atoms with van der Waals surface area (Å²) in [5, 5.41) is 7.17. The molecular formula is C18H25N5O2. The number of aromatic nitrogens is 4. The van der Waals surface area contributed by atoms with Crippen LogP contribution in [0.25, 0.3) is 0 Å². The van der Waals surface area contributed by atoms with Crippen molar-refractivity contribution in [2.45, 2.75) is 58.7 Å². The second kappa shape index (κ2) is 7.31. The van der Waals surface area contributed by atoms with Crippen molar-refractivity contribution in [3.8, 4) is 0 Å². The number of carbonyl (C=O) groups excluding carboxylic acids is 1. The first-order valence-electron chi connectivity index (χ1n) is 8.69. The molecule has 0 bridgehead atoms. The van der Waals surface area contributed by atoms with Gasteiger partial charge < -0.3 is 10.1 Å². The molecule has 1 saturated heterocycles. The standard InChI is InChI=1S/C18H25N5O2/c1-13-8-14(2)23(22-13)12-16(24)19-9-15-10-20-17(21-11-15)18(3)6-4-5-7-25-18/h8,10-11H,4-7,9,12H2,1-3H3,(H,19,24). The molecule has 2 aromatic heterocycles. The van der Waals surface area contributed by atoms with Crippen LogP contribution in [0, 0.1) is 13.8 Å². The molecule has 1 fully saturated rings. The lowest BCUT2D eigenvalue weighted by atomic mass is 9.95. The van der Waals surface area contributed by atoms with Gasteiger partial charge in [0.1, 0.15) is 12.1 Å². The largest absolute Gasteiger partial charge is 0.367 e. The predicted octanol–water partition coefficient (Wildman–Crippen LogP) is 2.02. The van der Waals surface area contributed by atoms with Crippen molar-refractivity contribution in [3.05, 3.63) is 41.2 Å². The number of nitrogens with one attached hydrogen (secondary N) is 1. The topological polar surface area (TPSA) is 81.9 Å². The van der Waals surface area contributed by atoms with Crippen LogP contribution in [-0.4, -0.2) is 32.3 Å². The minimum atomic E-state index is -0.393. The molecule has 1 aliphatic rings. The van der Waals surface area contributed by atoms with E-state index in [0.717, 1.165) is 42.8 Å². The summed E-state index contributed by atoms with van der Waals surface area (Å²) in [7, 11) is 0. The van der Waals surface area contributed by atoms with E-state index in [1.807, 2.05) is 26.8 Å². The number of amides is 1. The summed E-state index contributed by atoms with van der Waals surface area (Å²) in [6.07, 6.45) is 6.68. The average Bonchev–Trinajstić information content (AvgIpc) is 2.91. The smallest absolute Gasteiger partial charge is 0.242 e. The Hall–Kier alpha value is -2.28. The second-order valence-corrected chi connectivity index (χ2v) is 6.81. The molecule has 3 heterocycles. The van der Waals surface area contributed by atoms with E-state index in [1.165, 1.54) is 0 Å². The van der Waals surface area contributed by atoms with Crippen molar-refractivity contribution in [1.29, 1.82) is 0 Å². The van der Waals surface area contributed by atoms with Crippen molar-refractivity contribution in [3.63, 3.8) is 0 Å². The van der Waals surface area contributed by atoms with Crippen molar-refractivity contribution >= 4 is 5.91 Å². The van der Waals surface area contributed by atoms with Gasteiger partial charge in [0.15, 0.2) is 5.82 Å². The Bertz CT molecular complexity index is 732. The van der Waals surface area contributed by atoms with Gasteiger partial charge in [0, 0.05) is 36.8 Å². The fraction of sp³-hybridized carbons (Fsp3) is 0.556. The highest BCUT2D eigenvalue weighted by Crippen LogP contribution is 2.32. The third-order valence-corrected chi connectivity index (χ3v) is 4.53. The number of nitrogens with zero attached hydrogens (tertiary/aromatic N) is 4. The number of aryl methyl sites for hydroxylation is 2. The second-order valence-electron chi connectivity index (χ2n) is 6.81. The molecule has 1 N–H and O–H groups in total. The van der Waals surface area contributed by atoms with Crippen LogP contribution in [0.15, 0.2) is 18.5 Å². The van der Waals surface area contributed by atoms with Gasteiger partial charge in [-0.05, 0) is 46.1 Å². The van der Waals surface area contributed by atoms with Crippen molar-refractivity contribution in [2.75, 3.05) is 6.61 Å². The fourth-order valence-corrected chi connectivity index (χ4v) is 3.06. The molecule has 7 nitrogen and oxygen atoms in total. The lowest BCUT2D eigenvalue weighted by Crippen LogP contribution is -2.32. The van der Waals surface area contributed by atoms with Gasteiger partial charge >= 0.3 is 0 Å². The maximum atomic E-state index is 12.1. The molecule has 0 aromatic carbocycles. The van der Waals surface area contributed by atoms with Gasteiger partial charge in [-0.3, -0.25) is 9.48 Å². The quantitative estimate of drug-likeness (QED) is 0.898. The summed E-state index contributed by atoms with van der Waals surface area (Å²) < 4.78 is 7.56. The zero-order chi connectivity index (χ0) is 17.9. The van der Waals surface area contributed by atoms with Gasteiger partial charge in [-0.2, -0.15) is 5.10 Å². The Balaban J connectivity index is 1.55. The highest BCUT2D eigenvalue weighted by atomic mass is 16.5. The minimum absolute atomic E-state index is 0.0853. The van der Waals surface area contributed by atoms with Gasteiger partial charge in [0.25, 0.3) is 0 Å². The zero-order valence-corrected chi connectivity index (χ0v) is 15.1. The Morgan fingerprint density at radius 2 is 2.08 bits per heavy atom. The van der Waals surface area contributed by atoms with E-state index in [1.54, 1.807) is 17.1 Å². The fourth-order valence-electron chi connectivity index (χ4n) is 3.06. The lowest BCUT2D eigenvalue weighted by molar-refractivity contribution is -0.122. The van der Waals surface area contributed by atoms with Crippen LogP contribution in [0.5, 0.6) is 0 Å². The molecular weight excluding hydrogens is 318 g/mol. The molecule has 0 spiro atoms. The molecule has 1 aliphatic heterocycles. The van der Waals surface area contributed by atoms with E-state index in [0.29, 0.717) is 12.4 Å². The number of hydrogen-bond acceptors (Lipinski definition) is 5. The van der Waals surface area contributed by atoms with Crippen LogP contribution in [0.1, 0.15) is 49.0 Å². The van der Waals surface area contributed by atoms with E-state index in [-0.39, 0.29) is 12.5 Å². The molecule has 134 valence electrons. The van der Waals surface area contributed by atoms with E-state index in [4.69, 9.17) is 4.74 Å². The Labute approximate surface area is 147 Å². The van der Waals surface area contributed by atoms with Crippen LogP contribution in [0.4, 0.5) is 0 Å². The maximum Gasteiger partial charge on any atom is 0.242 e. The molecule has 7 heteroatoms. The highest BCUT2D eigenvalue weighted by Gasteiger charge is 2.32. The van der Waals surface area contributed by atoms with Crippen LogP contribution < -0.4 is 5.32 Å². The SMILES string of the molecule is Cc1cc(C)n(CC(=O)NCc2cnc(C3(C)CCCCO3)nc2)n1. The lowest BCUT2D eigenvalue weighted by Gasteiger charge is -2.32. The van der Waals surface area contributed by atoms with Crippen molar-refractivity contribution in [1.82, 2.24) is 25.1 Å². The molecule has 2 aromatic rings. The monoisotopic (exact) mass is 343 g/mol. The van der Waals surface area contributed by atoms with Crippen molar-refractivity contribution < 1.29 is 9.53 Å². The van der Waals surface area contributed by atoms with E-state index < -0.39 is 5.60 Å². The average molecular weight is 343 g/mol. The third kappa shape index (κ3) is 4.22. The Morgan fingerprint density at radius 1 is 1.32 bits per heavy atom. The first kappa shape index (κ1) is 17.5. The normalized spacial score (nSPS) is 20.4. The van der Waals surface area contributed by atoms with Crippen LogP contribution in [0.3, 0.4) is 0 Å². The summed E-state index contributed by atoms with van der Waals surface area (Å²) in [6, 6.07) is 1.95. The number of ether oxygens (including phenoxy) is 1. The first-order chi connectivity index (χ1) is 12.0. The Morgan fingerprint density at radius 3 is 2.68 bits per heavy atom. The van der Waals surface area contributed by atoms with Gasteiger partial charge in [-0.1, -0.05) is 0 Å². The minimum Gasteiger partial charge on any atom is -0.367 e. The molecule has 25 heavy (non-hydrogen) atoms. The number of carbonyl (C=O) groups is 1. The molecule has 3 rings (SSSR count).